The highest BCUT2D eigenvalue weighted by molar-refractivity contribution is 7.99. The van der Waals surface area contributed by atoms with Crippen molar-refractivity contribution in [3.63, 3.8) is 0 Å². The maximum atomic E-state index is 16.2. The van der Waals surface area contributed by atoms with Crippen molar-refractivity contribution in [1.82, 2.24) is 42.5 Å². The second-order valence-corrected chi connectivity index (χ2v) is 31.7. The number of likely N-dealkylation sites (N-methyl/N-ethyl adjacent to an activating group) is 1. The molecule has 620 valence electrons. The van der Waals surface area contributed by atoms with E-state index in [9.17, 15) is 69.9 Å². The number of carboxylic acid groups (broad SMARTS) is 1. The standard InChI is InChI=1S/C78H100Cl2N10O23S/c1-7-8-9-10-11-12-13-14-22-114-23-21-84-78(5)33-56(108-36(4)69(78)99)112-68-66(98)65(97)54(34-81)111-77(68)113-67-52-28-40-29-53(67)110-51-20-17-39(27-45(51)80)64(96)62-75(105)88-60(76(106)107)43-30-41(91)31-49(93)57(43)42-25-37(15-18-48(42)92)58(72(102)90-62)87-73(103)59(40)86-71(101)47(32-55(82)94)85-74(104)61(89-70(100)46(83-6)24-35(2)3)63(95)38-16-19-50(109-52)44(79)26-38/h15-20,25-31,35-36,46-47,54,56,58-66,68-69,77,83-84,91-93,95-99H,7-14,21-24,32-34,81H2,1-6H3,(H2,82,94)(H,85,104)(H,86,101)(H,87,103)(H,88,105)(H,89,100)(H,90,102)(H,106,107)/t36-,46+,47-,54+,56-,58+,59+,60-,61+,62-,63+,64+,65+,66-,68+,69+,77-,78-/m0/s1. The number of benzene rings is 5. The molecule has 5 aromatic rings. The molecule has 2 saturated heterocycles. The van der Waals surface area contributed by atoms with Gasteiger partial charge in [0.25, 0.3) is 0 Å². The number of halogens is 2. The zero-order valence-electron chi connectivity index (χ0n) is 63.6. The predicted molar refractivity (Wildman–Crippen MR) is 415 cm³/mol. The van der Waals surface area contributed by atoms with Gasteiger partial charge in [-0.05, 0) is 122 Å². The summed E-state index contributed by atoms with van der Waals surface area (Å²) in [6.07, 6.45) is -7.97. The van der Waals surface area contributed by atoms with Crippen molar-refractivity contribution in [3.8, 4) is 57.1 Å². The summed E-state index contributed by atoms with van der Waals surface area (Å²) >= 11 is 16.1. The number of rotatable bonds is 26. The number of primary amides is 1. The molecule has 11 bridgehead atoms. The number of fused-ring (bicyclic) bond motifs is 15. The Morgan fingerprint density at radius 1 is 0.693 bits per heavy atom. The number of nitrogens with two attached hydrogens (primary N) is 2. The minimum Gasteiger partial charge on any atom is -0.508 e. The Morgan fingerprint density at radius 2 is 1.31 bits per heavy atom. The summed E-state index contributed by atoms with van der Waals surface area (Å²) in [6.45, 7) is 9.28. The molecule has 5 aromatic carbocycles. The lowest BCUT2D eigenvalue weighted by molar-refractivity contribution is -0.331. The van der Waals surface area contributed by atoms with E-state index in [1.54, 1.807) is 25.6 Å². The van der Waals surface area contributed by atoms with E-state index in [0.717, 1.165) is 73.2 Å². The predicted octanol–water partition coefficient (Wildman–Crippen LogP) is 4.58. The van der Waals surface area contributed by atoms with Crippen LogP contribution in [0.5, 0.6) is 46.0 Å². The Morgan fingerprint density at radius 3 is 1.92 bits per heavy atom. The SMILES string of the molecule is CCCCCCCCCCSCCN[C@@]1(C)C[C@H](O[C@H]2[C@H](Oc3c4cc5cc3Oc3ccc(cc3Cl)[C@@H](O)[C@@H](NC(=O)[C@@H](CC(C)C)NC)C(=O)N[C@@H](CC(N)=O)C(=O)N[C@H]5C(=O)N[C@H]3C(=O)N[C@H](C(=O)N[C@H](C(=O)O)c5cc(O)cc(O)c5-c5cc3ccc5O)[C@H](O)c3ccc(c(Cl)c3)O4)O[C@H](CN)[C@@H](O)[C@@H]2O)O[C@@H](C)[C@H]1O. The molecule has 7 aliphatic heterocycles. The van der Waals surface area contributed by atoms with Gasteiger partial charge in [0.05, 0.1) is 34.7 Å². The molecule has 12 rings (SSSR count). The molecule has 0 radical (unpaired) electrons. The molecule has 0 aliphatic carbocycles. The number of hydrogen-bond donors (Lipinski definition) is 19. The number of aliphatic hydroxyl groups is 5. The zero-order valence-corrected chi connectivity index (χ0v) is 65.9. The number of carboxylic acids is 1. The van der Waals surface area contributed by atoms with Gasteiger partial charge in [-0.2, -0.15) is 11.8 Å². The molecule has 0 aromatic heterocycles. The first-order valence-corrected chi connectivity index (χ1v) is 39.7. The monoisotopic (exact) mass is 1650 g/mol. The highest BCUT2D eigenvalue weighted by atomic mass is 35.5. The van der Waals surface area contributed by atoms with Crippen LogP contribution in [0.4, 0.5) is 0 Å². The first-order chi connectivity index (χ1) is 54.2. The van der Waals surface area contributed by atoms with E-state index in [1.165, 1.54) is 69.8 Å². The molecule has 0 saturated carbocycles. The van der Waals surface area contributed by atoms with Crippen LogP contribution >= 0.6 is 35.0 Å². The quantitative estimate of drug-likeness (QED) is 0.0337. The van der Waals surface area contributed by atoms with Crippen LogP contribution in [0, 0.1) is 5.92 Å². The third-order valence-electron chi connectivity index (χ3n) is 20.7. The topological polar surface area (TPSA) is 522 Å². The molecule has 21 N–H and O–H groups in total. The third-order valence-corrected chi connectivity index (χ3v) is 22.4. The summed E-state index contributed by atoms with van der Waals surface area (Å²) in [5.74, 6) is -13.9. The van der Waals surface area contributed by atoms with Crippen LogP contribution in [0.1, 0.15) is 163 Å². The molecule has 33 nitrogen and oxygen atoms in total. The van der Waals surface area contributed by atoms with Gasteiger partial charge in [-0.3, -0.25) is 33.6 Å². The number of phenols is 3. The van der Waals surface area contributed by atoms with Crippen molar-refractivity contribution in [2.75, 3.05) is 31.6 Å². The smallest absolute Gasteiger partial charge is 0.330 e. The number of carbonyl (C=O) groups is 8. The van der Waals surface area contributed by atoms with Crippen LogP contribution in [0.15, 0.2) is 78.9 Å². The molecule has 36 heteroatoms. The number of aromatic hydroxyl groups is 3. The molecule has 18 atom stereocenters. The van der Waals surface area contributed by atoms with E-state index < -0.39 is 231 Å². The lowest BCUT2D eigenvalue weighted by atomic mass is 9.85. The molecule has 0 spiro atoms. The number of unbranched alkanes of at least 4 members (excludes halogenated alkanes) is 7. The number of aliphatic hydroxyl groups excluding tert-OH is 5. The van der Waals surface area contributed by atoms with Gasteiger partial charge < -0.3 is 128 Å². The first kappa shape index (κ1) is 87.5. The summed E-state index contributed by atoms with van der Waals surface area (Å²) in [4.78, 5) is 118. The van der Waals surface area contributed by atoms with Gasteiger partial charge in [0, 0.05) is 53.6 Å². The Labute approximate surface area is 671 Å². The highest BCUT2D eigenvalue weighted by Gasteiger charge is 2.52. The Balaban J connectivity index is 1.15. The van der Waals surface area contributed by atoms with Crippen LogP contribution in [0.3, 0.4) is 0 Å². The molecule has 7 amide bonds. The first-order valence-electron chi connectivity index (χ1n) is 37.8. The molecular formula is C78H100Cl2N10O23S. The van der Waals surface area contributed by atoms with Gasteiger partial charge in [-0.1, -0.05) is 107 Å². The van der Waals surface area contributed by atoms with E-state index in [-0.39, 0.29) is 52.0 Å². The van der Waals surface area contributed by atoms with Crippen LogP contribution in [0.2, 0.25) is 10.0 Å². The van der Waals surface area contributed by atoms with E-state index in [4.69, 9.17) is 63.1 Å². The van der Waals surface area contributed by atoms with Crippen LogP contribution in [-0.2, 0) is 52.6 Å². The van der Waals surface area contributed by atoms with Crippen molar-refractivity contribution in [2.24, 2.45) is 17.4 Å². The zero-order chi connectivity index (χ0) is 82.7. The van der Waals surface area contributed by atoms with E-state index in [1.807, 2.05) is 13.8 Å². The average molecular weight is 1650 g/mol. The molecular weight excluding hydrogens is 1550 g/mol. The molecule has 114 heavy (non-hydrogen) atoms. The normalized spacial score (nSPS) is 27.4. The van der Waals surface area contributed by atoms with Gasteiger partial charge in [0.2, 0.25) is 53.4 Å². The maximum Gasteiger partial charge on any atom is 0.330 e. The van der Waals surface area contributed by atoms with Gasteiger partial charge in [0.1, 0.15) is 89.5 Å². The second-order valence-electron chi connectivity index (χ2n) is 29.7. The number of aliphatic carboxylic acids is 1. The number of nitrogens with one attached hydrogen (secondary N) is 8. The number of ether oxygens (including phenoxy) is 6. The number of hydrogen-bond acceptors (Lipinski definition) is 26. The van der Waals surface area contributed by atoms with Crippen molar-refractivity contribution in [2.45, 2.75) is 214 Å². The molecule has 7 heterocycles. The summed E-state index contributed by atoms with van der Waals surface area (Å²) in [7, 11) is 1.49. The molecule has 2 fully saturated rings. The van der Waals surface area contributed by atoms with E-state index >= 15 is 14.4 Å². The summed E-state index contributed by atoms with van der Waals surface area (Å²) < 4.78 is 39.7. The summed E-state index contributed by atoms with van der Waals surface area (Å²) in [5.41, 5.74) is 8.23. The number of amides is 7. The van der Waals surface area contributed by atoms with Crippen LogP contribution in [-0.4, -0.2) is 204 Å². The fourth-order valence-corrected chi connectivity index (χ4v) is 15.8. The third kappa shape index (κ3) is 20.7. The summed E-state index contributed by atoms with van der Waals surface area (Å²) in [6, 6.07) is -0.175. The average Bonchev–Trinajstić information content (AvgIpc) is 0.771. The van der Waals surface area contributed by atoms with Crippen molar-refractivity contribution in [3.05, 3.63) is 117 Å². The number of thioether (sulfide) groups is 1. The van der Waals surface area contributed by atoms with Gasteiger partial charge >= 0.3 is 5.97 Å². The Bertz CT molecular complexity index is 4340. The van der Waals surface area contributed by atoms with Crippen molar-refractivity contribution < 1.29 is 113 Å². The fourth-order valence-electron chi connectivity index (χ4n) is 14.5. The maximum absolute atomic E-state index is 16.2. The molecule has 0 unspecified atom stereocenters. The largest absolute Gasteiger partial charge is 0.508 e. The van der Waals surface area contributed by atoms with Gasteiger partial charge in [-0.15, -0.1) is 0 Å². The van der Waals surface area contributed by atoms with Crippen molar-refractivity contribution in [1.29, 1.82) is 0 Å². The highest BCUT2D eigenvalue weighted by Crippen LogP contribution is 2.50. The number of carbonyl (C=O) groups excluding carboxylic acids is 7. The second kappa shape index (κ2) is 38.7. The lowest BCUT2D eigenvalue weighted by Crippen LogP contribution is -2.66. The van der Waals surface area contributed by atoms with Gasteiger partial charge in [-0.25, -0.2) is 4.79 Å². The minimum atomic E-state index is -2.33. The fraction of sp³-hybridized carbons (Fsp3) is 0.513. The number of phenolic OH excluding ortho intramolecular Hbond substituents is 3. The van der Waals surface area contributed by atoms with Crippen LogP contribution < -0.4 is 68.2 Å². The van der Waals surface area contributed by atoms with E-state index in [0.29, 0.717) is 12.3 Å². The lowest BCUT2D eigenvalue weighted by Gasteiger charge is -2.48. The Hall–Kier alpha value is -8.85. The molecule has 7 aliphatic rings. The summed E-state index contributed by atoms with van der Waals surface area (Å²) in [5, 5.41) is 126. The van der Waals surface area contributed by atoms with Crippen LogP contribution in [0.25, 0.3) is 11.1 Å². The van der Waals surface area contributed by atoms with E-state index in [2.05, 4.69) is 49.5 Å². The van der Waals surface area contributed by atoms with Gasteiger partial charge in [0.15, 0.2) is 29.9 Å². The minimum absolute atomic E-state index is 0.0636. The Kier molecular flexibility index (Phi) is 29.7. The van der Waals surface area contributed by atoms with Crippen molar-refractivity contribution >= 4 is 82.3 Å².